The van der Waals surface area contributed by atoms with Gasteiger partial charge in [-0.2, -0.15) is 0 Å². The van der Waals surface area contributed by atoms with Gasteiger partial charge in [-0.25, -0.2) is 0 Å². The van der Waals surface area contributed by atoms with Gasteiger partial charge < -0.3 is 10.4 Å². The number of hydrogen-bond acceptors (Lipinski definition) is 2. The number of aliphatic hydroxyl groups is 1. The second-order valence-electron chi connectivity index (χ2n) is 4.87. The molecule has 2 heteroatoms. The summed E-state index contributed by atoms with van der Waals surface area (Å²) >= 11 is 0. The van der Waals surface area contributed by atoms with Gasteiger partial charge in [-0.3, -0.25) is 0 Å². The minimum absolute atomic E-state index is 0.502. The van der Waals surface area contributed by atoms with Crippen molar-refractivity contribution in [2.75, 3.05) is 11.9 Å². The monoisotopic (exact) mass is 263 g/mol. The fourth-order valence-electron chi connectivity index (χ4n) is 2.30. The molecule has 2 N–H and O–H groups in total. The summed E-state index contributed by atoms with van der Waals surface area (Å²) in [7, 11) is 0. The van der Waals surface area contributed by atoms with Crippen molar-refractivity contribution in [1.82, 2.24) is 0 Å². The van der Waals surface area contributed by atoms with E-state index in [2.05, 4.69) is 23.5 Å². The van der Waals surface area contributed by atoms with Crippen molar-refractivity contribution in [2.24, 2.45) is 0 Å². The number of hydrogen-bond donors (Lipinski definition) is 2. The van der Waals surface area contributed by atoms with E-state index in [-0.39, 0.29) is 0 Å². The lowest BCUT2D eigenvalue weighted by atomic mass is 10.0. The van der Waals surface area contributed by atoms with Crippen LogP contribution in [0, 0.1) is 0 Å². The lowest BCUT2D eigenvalue weighted by molar-refractivity contribution is 0.192. The van der Waals surface area contributed by atoms with Gasteiger partial charge in [-0.1, -0.05) is 54.6 Å². The molecule has 0 aliphatic rings. The third-order valence-electron chi connectivity index (χ3n) is 3.43. The van der Waals surface area contributed by atoms with E-state index in [1.54, 1.807) is 0 Å². The highest BCUT2D eigenvalue weighted by molar-refractivity contribution is 5.83. The number of nitrogens with one attached hydrogen (secondary N) is 1. The Morgan fingerprint density at radius 1 is 0.800 bits per heavy atom. The van der Waals surface area contributed by atoms with Crippen LogP contribution in [0.5, 0.6) is 0 Å². The van der Waals surface area contributed by atoms with Crippen LogP contribution in [0.15, 0.2) is 72.8 Å². The average Bonchev–Trinajstić information content (AvgIpc) is 2.53. The van der Waals surface area contributed by atoms with Gasteiger partial charge in [-0.05, 0) is 34.5 Å². The summed E-state index contributed by atoms with van der Waals surface area (Å²) in [6.45, 7) is 0.502. The van der Waals surface area contributed by atoms with Crippen molar-refractivity contribution in [3.63, 3.8) is 0 Å². The molecule has 100 valence electrons. The molecule has 0 saturated heterocycles. The first kappa shape index (κ1) is 12.7. The van der Waals surface area contributed by atoms with Crippen LogP contribution in [0.2, 0.25) is 0 Å². The predicted molar refractivity (Wildman–Crippen MR) is 83.8 cm³/mol. The molecule has 0 amide bonds. The normalized spacial score (nSPS) is 12.2. The van der Waals surface area contributed by atoms with E-state index in [9.17, 15) is 5.11 Å². The van der Waals surface area contributed by atoms with Gasteiger partial charge in [0.2, 0.25) is 0 Å². The Balaban J connectivity index is 1.73. The molecule has 0 aromatic heterocycles. The zero-order valence-electron chi connectivity index (χ0n) is 11.2. The molecule has 20 heavy (non-hydrogen) atoms. The van der Waals surface area contributed by atoms with Crippen LogP contribution in [0.25, 0.3) is 10.8 Å². The minimum atomic E-state index is -0.514. The summed E-state index contributed by atoms with van der Waals surface area (Å²) in [5.41, 5.74) is 1.96. The SMILES string of the molecule is O[C@H](CNc1ccccc1)c1ccc2ccccc2c1. The number of aliphatic hydroxyl groups excluding tert-OH is 1. The lowest BCUT2D eigenvalue weighted by Crippen LogP contribution is -2.11. The van der Waals surface area contributed by atoms with Crippen molar-refractivity contribution in [2.45, 2.75) is 6.10 Å². The third kappa shape index (κ3) is 2.81. The Morgan fingerprint density at radius 3 is 2.30 bits per heavy atom. The van der Waals surface area contributed by atoms with Crippen molar-refractivity contribution >= 4 is 16.5 Å². The van der Waals surface area contributed by atoms with Crippen molar-refractivity contribution < 1.29 is 5.11 Å². The number of anilines is 1. The van der Waals surface area contributed by atoms with Crippen LogP contribution in [0.4, 0.5) is 5.69 Å². The first-order valence-electron chi connectivity index (χ1n) is 6.78. The third-order valence-corrected chi connectivity index (χ3v) is 3.43. The van der Waals surface area contributed by atoms with E-state index in [0.29, 0.717) is 6.54 Å². The predicted octanol–water partition coefficient (Wildman–Crippen LogP) is 3.99. The summed E-state index contributed by atoms with van der Waals surface area (Å²) in [6, 6.07) is 24.2. The number of para-hydroxylation sites is 1. The topological polar surface area (TPSA) is 32.3 Å². The fourth-order valence-corrected chi connectivity index (χ4v) is 2.30. The number of benzene rings is 3. The van der Waals surface area contributed by atoms with Crippen molar-refractivity contribution in [1.29, 1.82) is 0 Å². The van der Waals surface area contributed by atoms with Crippen molar-refractivity contribution in [3.05, 3.63) is 78.4 Å². The molecule has 3 aromatic rings. The maximum atomic E-state index is 10.3. The molecule has 3 rings (SSSR count). The molecule has 2 nitrogen and oxygen atoms in total. The molecular weight excluding hydrogens is 246 g/mol. The molecule has 0 fully saturated rings. The molecule has 0 aliphatic heterocycles. The lowest BCUT2D eigenvalue weighted by Gasteiger charge is -2.14. The quantitative estimate of drug-likeness (QED) is 0.746. The molecule has 3 aromatic carbocycles. The van der Waals surface area contributed by atoms with E-state index < -0.39 is 6.10 Å². The molecule has 0 aliphatic carbocycles. The highest BCUT2D eigenvalue weighted by atomic mass is 16.3. The van der Waals surface area contributed by atoms with Gasteiger partial charge in [0.15, 0.2) is 0 Å². The standard InChI is InChI=1S/C18H17NO/c20-18(13-19-17-8-2-1-3-9-17)16-11-10-14-6-4-5-7-15(14)12-16/h1-12,18-20H,13H2/t18-/m1/s1. The van der Waals surface area contributed by atoms with Gasteiger partial charge in [0.25, 0.3) is 0 Å². The minimum Gasteiger partial charge on any atom is -0.387 e. The second-order valence-corrected chi connectivity index (χ2v) is 4.87. The van der Waals surface area contributed by atoms with Gasteiger partial charge in [0, 0.05) is 12.2 Å². The van der Waals surface area contributed by atoms with E-state index >= 15 is 0 Å². The molecule has 0 unspecified atom stereocenters. The Bertz CT molecular complexity index is 694. The maximum absolute atomic E-state index is 10.3. The largest absolute Gasteiger partial charge is 0.387 e. The first-order valence-corrected chi connectivity index (χ1v) is 6.78. The van der Waals surface area contributed by atoms with Gasteiger partial charge in [-0.15, -0.1) is 0 Å². The fraction of sp³-hybridized carbons (Fsp3) is 0.111. The van der Waals surface area contributed by atoms with Gasteiger partial charge in [0.1, 0.15) is 0 Å². The molecule has 0 spiro atoms. The average molecular weight is 263 g/mol. The zero-order chi connectivity index (χ0) is 13.8. The molecule has 0 heterocycles. The Kier molecular flexibility index (Phi) is 3.66. The summed E-state index contributed by atoms with van der Waals surface area (Å²) in [4.78, 5) is 0. The first-order chi connectivity index (χ1) is 9.83. The van der Waals surface area contributed by atoms with Gasteiger partial charge in [0.05, 0.1) is 6.10 Å². The number of fused-ring (bicyclic) bond motifs is 1. The van der Waals surface area contributed by atoms with E-state index in [4.69, 9.17) is 0 Å². The van der Waals surface area contributed by atoms with E-state index in [0.717, 1.165) is 16.6 Å². The van der Waals surface area contributed by atoms with Crippen LogP contribution in [-0.4, -0.2) is 11.7 Å². The highest BCUT2D eigenvalue weighted by Gasteiger charge is 2.07. The highest BCUT2D eigenvalue weighted by Crippen LogP contribution is 2.20. The second kappa shape index (κ2) is 5.76. The summed E-state index contributed by atoms with van der Waals surface area (Å²) < 4.78 is 0. The molecular formula is C18H17NO. The summed E-state index contributed by atoms with van der Waals surface area (Å²) in [5, 5.41) is 15.9. The maximum Gasteiger partial charge on any atom is 0.0962 e. The Hall–Kier alpha value is -2.32. The van der Waals surface area contributed by atoms with E-state index in [1.807, 2.05) is 54.6 Å². The zero-order valence-corrected chi connectivity index (χ0v) is 11.2. The van der Waals surface area contributed by atoms with Crippen LogP contribution in [0.3, 0.4) is 0 Å². The van der Waals surface area contributed by atoms with Crippen molar-refractivity contribution in [3.8, 4) is 0 Å². The molecule has 1 atom stereocenters. The van der Waals surface area contributed by atoms with Crippen LogP contribution in [0.1, 0.15) is 11.7 Å². The van der Waals surface area contributed by atoms with Crippen LogP contribution < -0.4 is 5.32 Å². The van der Waals surface area contributed by atoms with E-state index in [1.165, 1.54) is 5.39 Å². The number of rotatable bonds is 4. The van der Waals surface area contributed by atoms with Crippen LogP contribution >= 0.6 is 0 Å². The Morgan fingerprint density at radius 2 is 1.50 bits per heavy atom. The Labute approximate surface area is 118 Å². The van der Waals surface area contributed by atoms with Crippen LogP contribution in [-0.2, 0) is 0 Å². The summed E-state index contributed by atoms with van der Waals surface area (Å²) in [6.07, 6.45) is -0.514. The molecule has 0 bridgehead atoms. The summed E-state index contributed by atoms with van der Waals surface area (Å²) in [5.74, 6) is 0. The smallest absolute Gasteiger partial charge is 0.0962 e. The molecule has 0 radical (unpaired) electrons. The van der Waals surface area contributed by atoms with Gasteiger partial charge >= 0.3 is 0 Å². The molecule has 0 saturated carbocycles.